The lowest BCUT2D eigenvalue weighted by Crippen LogP contribution is -2.58. The fourth-order valence-electron chi connectivity index (χ4n) is 9.56. The molecule has 4 rings (SSSR count). The molecule has 0 bridgehead atoms. The van der Waals surface area contributed by atoms with Crippen LogP contribution >= 0.6 is 0 Å². The van der Waals surface area contributed by atoms with Gasteiger partial charge in [-0.1, -0.05) is 46.5 Å². The highest BCUT2D eigenvalue weighted by Crippen LogP contribution is 2.68. The standard InChI is InChI=1S/C29H48O4/c1-4-5-6-8-19(9-7-10-27(32)33)25-18-21(30)17-20-11-12-22-23-13-14-26(31)28(23,2)16-15-24(22)29(20,25)3/h19-20,22-26,31H,4-18H2,1-3H3,(H,32,33)/t19?,20?,22-,23-,24-,25?,26-,28-,29-/m0/s1. The van der Waals surface area contributed by atoms with Crippen LogP contribution in [-0.2, 0) is 9.59 Å². The number of Topliss-reactive ketones (excluding diaryl/α,β-unsaturated/α-hetero) is 1. The van der Waals surface area contributed by atoms with E-state index >= 15 is 0 Å². The van der Waals surface area contributed by atoms with Gasteiger partial charge in [0.05, 0.1) is 6.10 Å². The van der Waals surface area contributed by atoms with Crippen molar-refractivity contribution in [3.63, 3.8) is 0 Å². The smallest absolute Gasteiger partial charge is 0.303 e. The van der Waals surface area contributed by atoms with Gasteiger partial charge in [0.2, 0.25) is 0 Å². The molecule has 3 unspecified atom stereocenters. The predicted molar refractivity (Wildman–Crippen MR) is 131 cm³/mol. The quantitative estimate of drug-likeness (QED) is 0.378. The van der Waals surface area contributed by atoms with E-state index in [1.165, 1.54) is 44.9 Å². The Hall–Kier alpha value is -0.900. The third-order valence-electron chi connectivity index (χ3n) is 11.3. The number of unbranched alkanes of at least 4 members (excludes halogenated alkanes) is 2. The SMILES string of the molecule is CCCCCC(CCCC(=O)O)C1CC(=O)CC2CC[C@@H]3[C@H](CC[C@]4(C)[C@@H](O)CC[C@@H]34)[C@]21C. The van der Waals surface area contributed by atoms with Crippen LogP contribution < -0.4 is 0 Å². The van der Waals surface area contributed by atoms with E-state index in [1.807, 2.05) is 0 Å². The average Bonchev–Trinajstić information content (AvgIpc) is 3.07. The summed E-state index contributed by atoms with van der Waals surface area (Å²) in [5, 5.41) is 20.1. The molecule has 4 saturated carbocycles. The maximum absolute atomic E-state index is 13.0. The van der Waals surface area contributed by atoms with E-state index in [4.69, 9.17) is 0 Å². The summed E-state index contributed by atoms with van der Waals surface area (Å²) in [5.41, 5.74) is 0.276. The first-order valence-corrected chi connectivity index (χ1v) is 14.1. The second kappa shape index (κ2) is 9.99. The molecule has 4 heteroatoms. The molecule has 4 fully saturated rings. The second-order valence-electron chi connectivity index (χ2n) is 12.8. The van der Waals surface area contributed by atoms with E-state index in [2.05, 4.69) is 20.8 Å². The molecule has 0 amide bonds. The van der Waals surface area contributed by atoms with E-state index in [1.54, 1.807) is 0 Å². The minimum Gasteiger partial charge on any atom is -0.481 e. The van der Waals surface area contributed by atoms with Crippen LogP contribution in [0.15, 0.2) is 0 Å². The van der Waals surface area contributed by atoms with Crippen LogP contribution in [0, 0.1) is 46.3 Å². The number of hydrogen-bond acceptors (Lipinski definition) is 3. The number of fused-ring (bicyclic) bond motifs is 5. The zero-order valence-electron chi connectivity index (χ0n) is 21.4. The number of carboxylic acids is 1. The van der Waals surface area contributed by atoms with Gasteiger partial charge in [-0.2, -0.15) is 0 Å². The van der Waals surface area contributed by atoms with Crippen molar-refractivity contribution < 1.29 is 19.8 Å². The highest BCUT2D eigenvalue weighted by Gasteiger charge is 2.62. The van der Waals surface area contributed by atoms with Crippen LogP contribution in [0.4, 0.5) is 0 Å². The van der Waals surface area contributed by atoms with Crippen LogP contribution in [0.25, 0.3) is 0 Å². The fraction of sp³-hybridized carbons (Fsp3) is 0.931. The minimum absolute atomic E-state index is 0.0896. The van der Waals surface area contributed by atoms with Crippen LogP contribution in [0.1, 0.15) is 117 Å². The topological polar surface area (TPSA) is 74.6 Å². The van der Waals surface area contributed by atoms with Crippen molar-refractivity contribution in [1.29, 1.82) is 0 Å². The Kier molecular flexibility index (Phi) is 7.63. The van der Waals surface area contributed by atoms with E-state index in [0.29, 0.717) is 47.7 Å². The minimum atomic E-state index is -0.699. The Morgan fingerprint density at radius 1 is 1.00 bits per heavy atom. The first-order chi connectivity index (χ1) is 15.7. The predicted octanol–water partition coefficient (Wildman–Crippen LogP) is 6.64. The summed E-state index contributed by atoms with van der Waals surface area (Å²) in [7, 11) is 0. The summed E-state index contributed by atoms with van der Waals surface area (Å²) in [5.74, 6) is 3.10. The zero-order chi connectivity index (χ0) is 23.8. The molecule has 9 atom stereocenters. The van der Waals surface area contributed by atoms with Gasteiger partial charge in [0.25, 0.3) is 0 Å². The monoisotopic (exact) mass is 460 g/mol. The van der Waals surface area contributed by atoms with Crippen LogP contribution in [0.2, 0.25) is 0 Å². The molecule has 4 aliphatic carbocycles. The molecule has 0 saturated heterocycles. The number of aliphatic carboxylic acids is 1. The highest BCUT2D eigenvalue weighted by molar-refractivity contribution is 5.80. The summed E-state index contributed by atoms with van der Waals surface area (Å²) in [6, 6.07) is 0. The summed E-state index contributed by atoms with van der Waals surface area (Å²) < 4.78 is 0. The van der Waals surface area contributed by atoms with Crippen molar-refractivity contribution in [2.75, 3.05) is 0 Å². The van der Waals surface area contributed by atoms with Gasteiger partial charge in [0.1, 0.15) is 5.78 Å². The maximum atomic E-state index is 13.0. The first-order valence-electron chi connectivity index (χ1n) is 14.1. The van der Waals surface area contributed by atoms with Crippen molar-refractivity contribution in [3.8, 4) is 0 Å². The van der Waals surface area contributed by atoms with Gasteiger partial charge in [0.15, 0.2) is 0 Å². The van der Waals surface area contributed by atoms with E-state index in [9.17, 15) is 19.8 Å². The average molecular weight is 461 g/mol. The van der Waals surface area contributed by atoms with E-state index in [0.717, 1.165) is 38.5 Å². The number of carbonyl (C=O) groups excluding carboxylic acids is 1. The molecule has 0 spiro atoms. The molecule has 2 N–H and O–H groups in total. The molecule has 0 heterocycles. The van der Waals surface area contributed by atoms with Crippen molar-refractivity contribution in [2.24, 2.45) is 46.3 Å². The largest absolute Gasteiger partial charge is 0.481 e. The van der Waals surface area contributed by atoms with E-state index in [-0.39, 0.29) is 23.4 Å². The molecular formula is C29H48O4. The zero-order valence-corrected chi connectivity index (χ0v) is 21.4. The number of carboxylic acid groups (broad SMARTS) is 1. The Morgan fingerprint density at radius 3 is 2.48 bits per heavy atom. The van der Waals surface area contributed by atoms with Crippen LogP contribution in [0.5, 0.6) is 0 Å². The Morgan fingerprint density at radius 2 is 1.76 bits per heavy atom. The normalized spacial score (nSPS) is 43.5. The molecule has 33 heavy (non-hydrogen) atoms. The van der Waals surface area contributed by atoms with Gasteiger partial charge >= 0.3 is 5.97 Å². The summed E-state index contributed by atoms with van der Waals surface area (Å²) in [6.45, 7) is 7.13. The van der Waals surface area contributed by atoms with Crippen LogP contribution in [0.3, 0.4) is 0 Å². The number of aliphatic hydroxyl groups is 1. The lowest BCUT2D eigenvalue weighted by molar-refractivity contribution is -0.165. The number of ketones is 1. The molecule has 4 aliphatic rings. The maximum Gasteiger partial charge on any atom is 0.303 e. The Balaban J connectivity index is 1.62. The second-order valence-corrected chi connectivity index (χ2v) is 12.8. The van der Waals surface area contributed by atoms with Gasteiger partial charge in [-0.25, -0.2) is 0 Å². The third kappa shape index (κ3) is 4.55. The lowest BCUT2D eigenvalue weighted by Gasteiger charge is -2.63. The van der Waals surface area contributed by atoms with Crippen molar-refractivity contribution in [3.05, 3.63) is 0 Å². The molecular weight excluding hydrogens is 412 g/mol. The summed E-state index contributed by atoms with van der Waals surface area (Å²) in [4.78, 5) is 24.2. The van der Waals surface area contributed by atoms with E-state index < -0.39 is 5.97 Å². The number of carbonyl (C=O) groups is 2. The van der Waals surface area contributed by atoms with Crippen molar-refractivity contribution in [1.82, 2.24) is 0 Å². The third-order valence-corrected chi connectivity index (χ3v) is 11.3. The highest BCUT2D eigenvalue weighted by atomic mass is 16.4. The molecule has 0 aromatic heterocycles. The first kappa shape index (κ1) is 25.2. The van der Waals surface area contributed by atoms with Gasteiger partial charge in [-0.05, 0) is 97.7 Å². The Bertz CT molecular complexity index is 718. The van der Waals surface area contributed by atoms with Crippen LogP contribution in [-0.4, -0.2) is 28.1 Å². The van der Waals surface area contributed by atoms with Gasteiger partial charge in [0, 0.05) is 19.3 Å². The molecule has 0 aromatic carbocycles. The summed E-state index contributed by atoms with van der Waals surface area (Å²) in [6.07, 6.45) is 14.9. The van der Waals surface area contributed by atoms with Gasteiger partial charge in [-0.3, -0.25) is 9.59 Å². The van der Waals surface area contributed by atoms with Crippen molar-refractivity contribution >= 4 is 11.8 Å². The molecule has 188 valence electrons. The van der Waals surface area contributed by atoms with Crippen molar-refractivity contribution in [2.45, 2.75) is 123 Å². The molecule has 0 radical (unpaired) electrons. The fourth-order valence-corrected chi connectivity index (χ4v) is 9.56. The molecule has 0 aromatic rings. The molecule has 4 nitrogen and oxygen atoms in total. The van der Waals surface area contributed by atoms with Gasteiger partial charge in [-0.15, -0.1) is 0 Å². The Labute approximate surface area is 201 Å². The molecule has 0 aliphatic heterocycles. The lowest BCUT2D eigenvalue weighted by atomic mass is 9.41. The number of hydrogen-bond donors (Lipinski definition) is 2. The summed E-state index contributed by atoms with van der Waals surface area (Å²) >= 11 is 0. The number of aliphatic hydroxyl groups excluding tert-OH is 1. The van der Waals surface area contributed by atoms with Gasteiger partial charge < -0.3 is 10.2 Å². The number of rotatable bonds is 9.